The Morgan fingerprint density at radius 1 is 1.38 bits per heavy atom. The maximum Gasteiger partial charge on any atom is 0.394 e. The molecule has 0 aliphatic heterocycles. The summed E-state index contributed by atoms with van der Waals surface area (Å²) in [5, 5.41) is 8.53. The van der Waals surface area contributed by atoms with E-state index in [-0.39, 0.29) is 6.54 Å². The van der Waals surface area contributed by atoms with Crippen LogP contribution in [0.25, 0.3) is 0 Å². The average Bonchev–Trinajstić information content (AvgIpc) is 2.28. The third-order valence-electron chi connectivity index (χ3n) is 2.13. The third-order valence-corrected chi connectivity index (χ3v) is 2.13. The number of carbonyl (C=O) groups is 2. The summed E-state index contributed by atoms with van der Waals surface area (Å²) in [4.78, 5) is 22.7. The van der Waals surface area contributed by atoms with Crippen LogP contribution >= 0.6 is 0 Å². The largest absolute Gasteiger partial charge is 0.496 e. The fourth-order valence-electron chi connectivity index (χ4n) is 1.32. The second kappa shape index (κ2) is 5.16. The van der Waals surface area contributed by atoms with Crippen molar-refractivity contribution in [2.45, 2.75) is 6.54 Å². The summed E-state index contributed by atoms with van der Waals surface area (Å²) in [6.45, 7) is 0.204. The van der Waals surface area contributed by atoms with E-state index in [9.17, 15) is 9.59 Å². The molecule has 0 atom stereocenters. The number of rotatable bonds is 3. The van der Waals surface area contributed by atoms with Gasteiger partial charge in [-0.3, -0.25) is 4.79 Å². The van der Waals surface area contributed by atoms with Gasteiger partial charge in [-0.25, -0.2) is 4.79 Å². The fraction of sp³-hybridized carbons (Fsp3) is 0.273. The average molecular weight is 223 g/mol. The summed E-state index contributed by atoms with van der Waals surface area (Å²) in [5.41, 5.74) is 0.766. The van der Waals surface area contributed by atoms with Crippen molar-refractivity contribution in [2.75, 3.05) is 14.2 Å². The first kappa shape index (κ1) is 12.0. The van der Waals surface area contributed by atoms with Gasteiger partial charge in [-0.2, -0.15) is 0 Å². The number of benzene rings is 1. The first-order valence-corrected chi connectivity index (χ1v) is 4.66. The molecule has 0 unspecified atom stereocenters. The van der Waals surface area contributed by atoms with E-state index >= 15 is 0 Å². The SMILES string of the molecule is COc1ccccc1CN(C)C(=O)C(=O)O. The Labute approximate surface area is 93.2 Å². The zero-order valence-electron chi connectivity index (χ0n) is 9.14. The van der Waals surface area contributed by atoms with E-state index in [1.807, 2.05) is 0 Å². The standard InChI is InChI=1S/C11H13NO4/c1-12(10(13)11(14)15)7-8-5-3-4-6-9(8)16-2/h3-6H,7H2,1-2H3,(H,14,15). The maximum atomic E-state index is 11.1. The molecule has 0 heterocycles. The van der Waals surface area contributed by atoms with Crippen molar-refractivity contribution in [2.24, 2.45) is 0 Å². The molecule has 0 aromatic heterocycles. The van der Waals surface area contributed by atoms with Crippen LogP contribution in [-0.4, -0.2) is 36.0 Å². The van der Waals surface area contributed by atoms with Gasteiger partial charge in [0, 0.05) is 19.2 Å². The maximum absolute atomic E-state index is 11.1. The van der Waals surface area contributed by atoms with Crippen LogP contribution in [0.1, 0.15) is 5.56 Å². The molecule has 5 heteroatoms. The van der Waals surface area contributed by atoms with Crippen LogP contribution in [0, 0.1) is 0 Å². The molecule has 0 fully saturated rings. The highest BCUT2D eigenvalue weighted by molar-refractivity contribution is 6.31. The summed E-state index contributed by atoms with van der Waals surface area (Å²) in [7, 11) is 2.96. The van der Waals surface area contributed by atoms with Gasteiger partial charge >= 0.3 is 11.9 Å². The fourth-order valence-corrected chi connectivity index (χ4v) is 1.32. The Balaban J connectivity index is 2.80. The van der Waals surface area contributed by atoms with Gasteiger partial charge < -0.3 is 14.7 Å². The Hall–Kier alpha value is -2.04. The van der Waals surface area contributed by atoms with Crippen molar-refractivity contribution in [3.05, 3.63) is 29.8 Å². The molecule has 1 aromatic carbocycles. The molecule has 16 heavy (non-hydrogen) atoms. The molecule has 0 spiro atoms. The van der Waals surface area contributed by atoms with Gasteiger partial charge in [-0.1, -0.05) is 18.2 Å². The number of nitrogens with zero attached hydrogens (tertiary/aromatic N) is 1. The smallest absolute Gasteiger partial charge is 0.394 e. The predicted molar refractivity (Wildman–Crippen MR) is 57.1 cm³/mol. The van der Waals surface area contributed by atoms with Crippen LogP contribution < -0.4 is 4.74 Å². The Morgan fingerprint density at radius 2 is 2.00 bits per heavy atom. The van der Waals surface area contributed by atoms with Crippen LogP contribution in [0.3, 0.4) is 0 Å². The predicted octanol–water partition coefficient (Wildman–Crippen LogP) is 0.738. The lowest BCUT2D eigenvalue weighted by Crippen LogP contribution is -2.32. The van der Waals surface area contributed by atoms with Gasteiger partial charge in [0.05, 0.1) is 7.11 Å². The third kappa shape index (κ3) is 2.73. The molecule has 0 bridgehead atoms. The molecule has 1 amide bonds. The zero-order chi connectivity index (χ0) is 12.1. The van der Waals surface area contributed by atoms with Crippen molar-refractivity contribution in [3.63, 3.8) is 0 Å². The number of likely N-dealkylation sites (N-methyl/N-ethyl adjacent to an activating group) is 1. The summed E-state index contributed by atoms with van der Waals surface area (Å²) in [6, 6.07) is 7.15. The van der Waals surface area contributed by atoms with Crippen LogP contribution in [0.2, 0.25) is 0 Å². The molecule has 1 rings (SSSR count). The molecular weight excluding hydrogens is 210 g/mol. The quantitative estimate of drug-likeness (QED) is 0.767. The number of carbonyl (C=O) groups excluding carboxylic acids is 1. The lowest BCUT2D eigenvalue weighted by atomic mass is 10.2. The summed E-state index contributed by atoms with van der Waals surface area (Å²) in [6.07, 6.45) is 0. The number of hydrogen-bond acceptors (Lipinski definition) is 3. The van der Waals surface area contributed by atoms with Gasteiger partial charge in [0.2, 0.25) is 0 Å². The van der Waals surface area contributed by atoms with Crippen LogP contribution in [0.15, 0.2) is 24.3 Å². The molecule has 1 aromatic rings. The van der Waals surface area contributed by atoms with Gasteiger partial charge in [0.1, 0.15) is 5.75 Å². The minimum Gasteiger partial charge on any atom is -0.496 e. The molecular formula is C11H13NO4. The number of ether oxygens (including phenoxy) is 1. The zero-order valence-corrected chi connectivity index (χ0v) is 9.14. The van der Waals surface area contributed by atoms with Crippen LogP contribution in [0.5, 0.6) is 5.75 Å². The molecule has 86 valence electrons. The molecule has 0 aliphatic carbocycles. The highest BCUT2D eigenvalue weighted by atomic mass is 16.5. The second-order valence-electron chi connectivity index (χ2n) is 3.28. The van der Waals surface area contributed by atoms with Crippen molar-refractivity contribution < 1.29 is 19.4 Å². The molecule has 0 aliphatic rings. The Bertz CT molecular complexity index is 403. The number of hydrogen-bond donors (Lipinski definition) is 1. The first-order chi connectivity index (χ1) is 7.56. The van der Waals surface area contributed by atoms with Crippen molar-refractivity contribution in [1.82, 2.24) is 4.90 Å². The van der Waals surface area contributed by atoms with Crippen LogP contribution in [0.4, 0.5) is 0 Å². The summed E-state index contributed by atoms with van der Waals surface area (Å²) < 4.78 is 5.10. The van der Waals surface area contributed by atoms with Gasteiger partial charge in [-0.15, -0.1) is 0 Å². The lowest BCUT2D eigenvalue weighted by molar-refractivity contribution is -0.155. The van der Waals surface area contributed by atoms with Gasteiger partial charge in [-0.05, 0) is 6.07 Å². The number of methoxy groups -OCH3 is 1. The molecule has 5 nitrogen and oxygen atoms in total. The number of amides is 1. The molecule has 1 N–H and O–H groups in total. The number of carboxylic acid groups (broad SMARTS) is 1. The van der Waals surface area contributed by atoms with Crippen LogP contribution in [-0.2, 0) is 16.1 Å². The Kier molecular flexibility index (Phi) is 3.88. The monoisotopic (exact) mass is 223 g/mol. The van der Waals surface area contributed by atoms with E-state index < -0.39 is 11.9 Å². The van der Waals surface area contributed by atoms with E-state index in [1.165, 1.54) is 14.2 Å². The lowest BCUT2D eigenvalue weighted by Gasteiger charge is -2.16. The number of carboxylic acids is 1. The highest BCUT2D eigenvalue weighted by Gasteiger charge is 2.18. The minimum atomic E-state index is -1.46. The second-order valence-corrected chi connectivity index (χ2v) is 3.28. The van der Waals surface area contributed by atoms with E-state index in [4.69, 9.17) is 9.84 Å². The summed E-state index contributed by atoms with van der Waals surface area (Å²) >= 11 is 0. The normalized spacial score (nSPS) is 9.62. The van der Waals surface area contributed by atoms with E-state index in [0.717, 1.165) is 10.5 Å². The van der Waals surface area contributed by atoms with E-state index in [0.29, 0.717) is 5.75 Å². The van der Waals surface area contributed by atoms with E-state index in [2.05, 4.69) is 0 Å². The molecule has 0 saturated heterocycles. The number of aliphatic carboxylic acids is 1. The topological polar surface area (TPSA) is 66.8 Å². The first-order valence-electron chi connectivity index (χ1n) is 4.66. The summed E-state index contributed by atoms with van der Waals surface area (Å²) in [5.74, 6) is -1.77. The van der Waals surface area contributed by atoms with Gasteiger partial charge in [0.15, 0.2) is 0 Å². The minimum absolute atomic E-state index is 0.204. The van der Waals surface area contributed by atoms with Crippen molar-refractivity contribution in [1.29, 1.82) is 0 Å². The van der Waals surface area contributed by atoms with Crippen molar-refractivity contribution in [3.8, 4) is 5.75 Å². The van der Waals surface area contributed by atoms with Crippen molar-refractivity contribution >= 4 is 11.9 Å². The van der Waals surface area contributed by atoms with E-state index in [1.54, 1.807) is 24.3 Å². The molecule has 0 saturated carbocycles. The van der Waals surface area contributed by atoms with Gasteiger partial charge in [0.25, 0.3) is 0 Å². The highest BCUT2D eigenvalue weighted by Crippen LogP contribution is 2.18. The molecule has 0 radical (unpaired) electrons. The Morgan fingerprint density at radius 3 is 2.56 bits per heavy atom. The number of para-hydroxylation sites is 1.